The van der Waals surface area contributed by atoms with Gasteiger partial charge in [-0.1, -0.05) is 13.3 Å². The van der Waals surface area contributed by atoms with Crippen molar-refractivity contribution in [3.05, 3.63) is 0 Å². The lowest BCUT2D eigenvalue weighted by atomic mass is 10.0. The average molecular weight is 274 g/mol. The molecule has 1 aliphatic rings. The zero-order valence-corrected chi connectivity index (χ0v) is 11.2. The van der Waals surface area contributed by atoms with Crippen LogP contribution in [0.1, 0.15) is 19.8 Å². The van der Waals surface area contributed by atoms with Crippen molar-refractivity contribution in [1.29, 1.82) is 0 Å². The summed E-state index contributed by atoms with van der Waals surface area (Å²) in [4.78, 5) is 22.4. The maximum atomic E-state index is 11.5. The van der Waals surface area contributed by atoms with Crippen LogP contribution < -0.4 is 10.6 Å². The summed E-state index contributed by atoms with van der Waals surface area (Å²) in [6.45, 7) is 4.00. The molecule has 1 heterocycles. The highest BCUT2D eigenvalue weighted by Crippen LogP contribution is 2.13. The molecule has 1 fully saturated rings. The molecule has 2 unspecified atom stereocenters. The predicted molar refractivity (Wildman–Crippen MR) is 68.0 cm³/mol. The summed E-state index contributed by atoms with van der Waals surface area (Å²) in [5.41, 5.74) is 0. The van der Waals surface area contributed by atoms with Crippen LogP contribution >= 0.6 is 0 Å². The Morgan fingerprint density at radius 3 is 2.84 bits per heavy atom. The molecule has 3 N–H and O–H groups in total. The standard InChI is InChI=1S/C12H22N2O5/c1-2-3-5-18-6-4-13-12(17)14-10-8-19-7-9(10)11(15)16/h9-10H,2-8H2,1H3,(H,15,16)(H2,13,14,17). The second-order valence-electron chi connectivity index (χ2n) is 4.45. The lowest BCUT2D eigenvalue weighted by molar-refractivity contribution is -0.142. The number of urea groups is 1. The number of unbranched alkanes of at least 4 members (excludes halogenated alkanes) is 1. The van der Waals surface area contributed by atoms with E-state index in [4.69, 9.17) is 14.6 Å². The van der Waals surface area contributed by atoms with E-state index in [9.17, 15) is 9.59 Å². The molecule has 2 amide bonds. The summed E-state index contributed by atoms with van der Waals surface area (Å²) in [5, 5.41) is 14.1. The van der Waals surface area contributed by atoms with Crippen LogP contribution in [0.4, 0.5) is 4.79 Å². The first-order valence-corrected chi connectivity index (χ1v) is 6.57. The minimum Gasteiger partial charge on any atom is -0.481 e. The van der Waals surface area contributed by atoms with E-state index >= 15 is 0 Å². The van der Waals surface area contributed by atoms with Crippen LogP contribution in [0.5, 0.6) is 0 Å². The summed E-state index contributed by atoms with van der Waals surface area (Å²) < 4.78 is 10.3. The smallest absolute Gasteiger partial charge is 0.315 e. The Morgan fingerprint density at radius 1 is 1.37 bits per heavy atom. The topological polar surface area (TPSA) is 96.9 Å². The Hall–Kier alpha value is -1.34. The third kappa shape index (κ3) is 5.89. The molecule has 1 rings (SSSR count). The molecular formula is C12H22N2O5. The number of carbonyl (C=O) groups excluding carboxylic acids is 1. The van der Waals surface area contributed by atoms with Crippen molar-refractivity contribution in [2.75, 3.05) is 33.0 Å². The molecule has 0 aromatic heterocycles. The largest absolute Gasteiger partial charge is 0.481 e. The molecule has 0 spiro atoms. The summed E-state index contributed by atoms with van der Waals surface area (Å²) in [6, 6.07) is -0.862. The Bertz CT molecular complexity index is 298. The van der Waals surface area contributed by atoms with Crippen LogP contribution in [0, 0.1) is 5.92 Å². The lowest BCUT2D eigenvalue weighted by Gasteiger charge is -2.16. The molecule has 0 radical (unpaired) electrons. The van der Waals surface area contributed by atoms with E-state index in [0.717, 1.165) is 12.8 Å². The third-order valence-electron chi connectivity index (χ3n) is 2.89. The van der Waals surface area contributed by atoms with Crippen molar-refractivity contribution >= 4 is 12.0 Å². The molecule has 19 heavy (non-hydrogen) atoms. The first-order valence-electron chi connectivity index (χ1n) is 6.57. The van der Waals surface area contributed by atoms with Crippen LogP contribution in [0.2, 0.25) is 0 Å². The Labute approximate surface area is 112 Å². The third-order valence-corrected chi connectivity index (χ3v) is 2.89. The maximum absolute atomic E-state index is 11.5. The molecule has 7 heteroatoms. The molecular weight excluding hydrogens is 252 g/mol. The Kier molecular flexibility index (Phi) is 7.20. The van der Waals surface area contributed by atoms with Gasteiger partial charge in [-0.3, -0.25) is 4.79 Å². The molecule has 1 aliphatic heterocycles. The van der Waals surface area contributed by atoms with Crippen molar-refractivity contribution in [2.45, 2.75) is 25.8 Å². The second-order valence-corrected chi connectivity index (χ2v) is 4.45. The number of ether oxygens (including phenoxy) is 2. The van der Waals surface area contributed by atoms with E-state index in [2.05, 4.69) is 17.6 Å². The summed E-state index contributed by atoms with van der Waals surface area (Å²) in [6.07, 6.45) is 2.08. The van der Waals surface area contributed by atoms with E-state index in [-0.39, 0.29) is 19.2 Å². The van der Waals surface area contributed by atoms with Crippen LogP contribution in [0.3, 0.4) is 0 Å². The van der Waals surface area contributed by atoms with E-state index in [1.54, 1.807) is 0 Å². The number of rotatable bonds is 8. The van der Waals surface area contributed by atoms with Gasteiger partial charge >= 0.3 is 12.0 Å². The quantitative estimate of drug-likeness (QED) is 0.549. The molecule has 2 atom stereocenters. The highest BCUT2D eigenvalue weighted by Gasteiger charge is 2.34. The van der Waals surface area contributed by atoms with Gasteiger partial charge in [-0.2, -0.15) is 0 Å². The fraction of sp³-hybridized carbons (Fsp3) is 0.833. The van der Waals surface area contributed by atoms with Crippen LogP contribution in [-0.4, -0.2) is 56.1 Å². The Balaban J connectivity index is 2.12. The van der Waals surface area contributed by atoms with Crippen LogP contribution in [0.15, 0.2) is 0 Å². The molecule has 0 aromatic carbocycles. The highest BCUT2D eigenvalue weighted by molar-refractivity contribution is 5.77. The van der Waals surface area contributed by atoms with E-state index in [1.165, 1.54) is 0 Å². The zero-order valence-electron chi connectivity index (χ0n) is 11.2. The van der Waals surface area contributed by atoms with Gasteiger partial charge in [0.05, 0.1) is 25.9 Å². The maximum Gasteiger partial charge on any atom is 0.315 e. The summed E-state index contributed by atoms with van der Waals surface area (Å²) >= 11 is 0. The van der Waals surface area contributed by atoms with Crippen LogP contribution in [-0.2, 0) is 14.3 Å². The fourth-order valence-electron chi connectivity index (χ4n) is 1.74. The summed E-state index contributed by atoms with van der Waals surface area (Å²) in [7, 11) is 0. The van der Waals surface area contributed by atoms with Crippen molar-refractivity contribution in [3.63, 3.8) is 0 Å². The number of nitrogens with one attached hydrogen (secondary N) is 2. The number of carboxylic acids is 1. The van der Waals surface area contributed by atoms with Crippen LogP contribution in [0.25, 0.3) is 0 Å². The molecule has 110 valence electrons. The van der Waals surface area contributed by atoms with Gasteiger partial charge in [-0.15, -0.1) is 0 Å². The molecule has 0 aliphatic carbocycles. The number of hydrogen-bond donors (Lipinski definition) is 3. The van der Waals surface area contributed by atoms with Crippen molar-refractivity contribution in [1.82, 2.24) is 10.6 Å². The zero-order chi connectivity index (χ0) is 14.1. The first-order chi connectivity index (χ1) is 9.15. The van der Waals surface area contributed by atoms with Gasteiger partial charge in [-0.05, 0) is 6.42 Å². The normalized spacial score (nSPS) is 22.2. The molecule has 0 aromatic rings. The van der Waals surface area contributed by atoms with Crippen molar-refractivity contribution < 1.29 is 24.2 Å². The molecule has 7 nitrogen and oxygen atoms in total. The number of aliphatic carboxylic acids is 1. The van der Waals surface area contributed by atoms with Gasteiger partial charge < -0.3 is 25.2 Å². The number of carboxylic acid groups (broad SMARTS) is 1. The summed E-state index contributed by atoms with van der Waals surface area (Å²) in [5.74, 6) is -1.63. The van der Waals surface area contributed by atoms with E-state index < -0.39 is 17.9 Å². The van der Waals surface area contributed by atoms with Crippen molar-refractivity contribution in [3.8, 4) is 0 Å². The molecule has 0 saturated carbocycles. The SMILES string of the molecule is CCCCOCCNC(=O)NC1COCC1C(=O)O. The first kappa shape index (κ1) is 15.7. The van der Waals surface area contributed by atoms with Gasteiger partial charge in [0.25, 0.3) is 0 Å². The highest BCUT2D eigenvalue weighted by atomic mass is 16.5. The molecule has 1 saturated heterocycles. The van der Waals surface area contributed by atoms with E-state index in [1.807, 2.05) is 0 Å². The van der Waals surface area contributed by atoms with Gasteiger partial charge in [0.15, 0.2) is 0 Å². The predicted octanol–water partition coefficient (Wildman–Crippen LogP) is 0.202. The Morgan fingerprint density at radius 2 is 2.16 bits per heavy atom. The van der Waals surface area contributed by atoms with Gasteiger partial charge in [-0.25, -0.2) is 4.79 Å². The number of carbonyl (C=O) groups is 2. The average Bonchev–Trinajstić information content (AvgIpc) is 2.81. The second kappa shape index (κ2) is 8.71. The van der Waals surface area contributed by atoms with Gasteiger partial charge in [0.1, 0.15) is 5.92 Å². The molecule has 0 bridgehead atoms. The minimum absolute atomic E-state index is 0.139. The van der Waals surface area contributed by atoms with Gasteiger partial charge in [0.2, 0.25) is 0 Å². The van der Waals surface area contributed by atoms with Gasteiger partial charge in [0, 0.05) is 13.2 Å². The van der Waals surface area contributed by atoms with Crippen molar-refractivity contribution in [2.24, 2.45) is 5.92 Å². The number of amides is 2. The number of hydrogen-bond acceptors (Lipinski definition) is 4. The lowest BCUT2D eigenvalue weighted by Crippen LogP contribution is -2.47. The monoisotopic (exact) mass is 274 g/mol. The van der Waals surface area contributed by atoms with E-state index in [0.29, 0.717) is 19.8 Å². The fourth-order valence-corrected chi connectivity index (χ4v) is 1.74. The minimum atomic E-state index is -0.953.